The van der Waals surface area contributed by atoms with Crippen molar-refractivity contribution in [2.45, 2.75) is 6.54 Å². The predicted octanol–water partition coefficient (Wildman–Crippen LogP) is 0.400. The summed E-state index contributed by atoms with van der Waals surface area (Å²) in [6, 6.07) is 3.47. The van der Waals surface area contributed by atoms with Gasteiger partial charge >= 0.3 is 5.97 Å². The van der Waals surface area contributed by atoms with Crippen molar-refractivity contribution in [3.8, 4) is 0 Å². The Labute approximate surface area is 103 Å². The average Bonchev–Trinajstić information content (AvgIpc) is 2.72. The van der Waals surface area contributed by atoms with Gasteiger partial charge in [-0.15, -0.1) is 11.3 Å². The zero-order chi connectivity index (χ0) is 12.9. The maximum absolute atomic E-state index is 11.1. The van der Waals surface area contributed by atoms with Crippen molar-refractivity contribution in [3.05, 3.63) is 28.0 Å². The van der Waals surface area contributed by atoms with E-state index in [1.807, 2.05) is 0 Å². The molecule has 6 nitrogen and oxygen atoms in total. The molecule has 0 unspecified atom stereocenters. The Balaban J connectivity index is 2.60. The van der Waals surface area contributed by atoms with Crippen LogP contribution in [0, 0.1) is 0 Å². The zero-order valence-electron chi connectivity index (χ0n) is 9.00. The highest BCUT2D eigenvalue weighted by molar-refractivity contribution is 7.87. The van der Waals surface area contributed by atoms with Crippen LogP contribution in [0.2, 0.25) is 0 Å². The third-order valence-electron chi connectivity index (χ3n) is 1.78. The largest absolute Gasteiger partial charge is 0.478 e. The van der Waals surface area contributed by atoms with Crippen LogP contribution < -0.4 is 9.44 Å². The van der Waals surface area contributed by atoms with E-state index in [0.717, 1.165) is 15.8 Å². The molecule has 0 bridgehead atoms. The SMILES string of the molecule is CNS(=O)(=O)NCc1ccc(/C=C/C(=O)O)s1. The Hall–Kier alpha value is -1.22. The van der Waals surface area contributed by atoms with Gasteiger partial charge in [0, 0.05) is 29.4 Å². The summed E-state index contributed by atoms with van der Waals surface area (Å²) in [6.45, 7) is 0.175. The number of carbonyl (C=O) groups is 1. The monoisotopic (exact) mass is 276 g/mol. The number of hydrogen-bond acceptors (Lipinski definition) is 4. The molecule has 0 spiro atoms. The Morgan fingerprint density at radius 2 is 2.24 bits per heavy atom. The van der Waals surface area contributed by atoms with Gasteiger partial charge in [0.1, 0.15) is 0 Å². The first-order valence-corrected chi connectivity index (χ1v) is 6.91. The maximum Gasteiger partial charge on any atom is 0.328 e. The third kappa shape index (κ3) is 5.09. The van der Waals surface area contributed by atoms with Crippen LogP contribution in [-0.2, 0) is 21.5 Å². The summed E-state index contributed by atoms with van der Waals surface area (Å²) in [5, 5.41) is 8.44. The van der Waals surface area contributed by atoms with Gasteiger partial charge in [0.25, 0.3) is 10.2 Å². The summed E-state index contributed by atoms with van der Waals surface area (Å²) < 4.78 is 26.6. The molecule has 3 N–H and O–H groups in total. The van der Waals surface area contributed by atoms with Gasteiger partial charge in [0.2, 0.25) is 0 Å². The Morgan fingerprint density at radius 3 is 2.82 bits per heavy atom. The topological polar surface area (TPSA) is 95.5 Å². The molecule has 0 aliphatic heterocycles. The summed E-state index contributed by atoms with van der Waals surface area (Å²) in [5.74, 6) is -1.02. The summed E-state index contributed by atoms with van der Waals surface area (Å²) in [6.07, 6.45) is 2.50. The van der Waals surface area contributed by atoms with Gasteiger partial charge in [0.05, 0.1) is 0 Å². The first-order chi connectivity index (χ1) is 7.93. The first-order valence-electron chi connectivity index (χ1n) is 4.61. The standard InChI is InChI=1S/C9H12N2O4S2/c1-10-17(14,15)11-6-8-3-2-7(16-8)4-5-9(12)13/h2-5,10-11H,6H2,1H3,(H,12,13)/b5-4+. The van der Waals surface area contributed by atoms with Crippen LogP contribution in [0.3, 0.4) is 0 Å². The van der Waals surface area contributed by atoms with E-state index in [1.165, 1.54) is 24.5 Å². The molecule has 0 radical (unpaired) electrons. The molecule has 0 atom stereocenters. The number of aliphatic carboxylic acids is 1. The Bertz CT molecular complexity index is 519. The molecule has 1 aromatic heterocycles. The van der Waals surface area contributed by atoms with Crippen LogP contribution in [0.5, 0.6) is 0 Å². The molecule has 0 saturated carbocycles. The van der Waals surface area contributed by atoms with Crippen molar-refractivity contribution in [1.29, 1.82) is 0 Å². The van der Waals surface area contributed by atoms with E-state index >= 15 is 0 Å². The minimum atomic E-state index is -3.44. The van der Waals surface area contributed by atoms with Crippen LogP contribution in [0.1, 0.15) is 9.75 Å². The molecule has 94 valence electrons. The summed E-state index contributed by atoms with van der Waals surface area (Å²) in [7, 11) is -2.12. The minimum absolute atomic E-state index is 0.175. The normalized spacial score (nSPS) is 12.1. The van der Waals surface area contributed by atoms with E-state index in [9.17, 15) is 13.2 Å². The molecular weight excluding hydrogens is 264 g/mol. The lowest BCUT2D eigenvalue weighted by Crippen LogP contribution is -2.33. The van der Waals surface area contributed by atoms with Gasteiger partial charge in [-0.3, -0.25) is 0 Å². The minimum Gasteiger partial charge on any atom is -0.478 e. The van der Waals surface area contributed by atoms with E-state index in [0.29, 0.717) is 0 Å². The van der Waals surface area contributed by atoms with Crippen molar-refractivity contribution in [2.75, 3.05) is 7.05 Å². The van der Waals surface area contributed by atoms with Crippen LogP contribution in [0.15, 0.2) is 18.2 Å². The molecule has 8 heteroatoms. The Kier molecular flexibility index (Phi) is 4.82. The highest BCUT2D eigenvalue weighted by Crippen LogP contribution is 2.17. The molecule has 0 aromatic carbocycles. The predicted molar refractivity (Wildman–Crippen MR) is 65.8 cm³/mol. The second-order valence-electron chi connectivity index (χ2n) is 3.00. The van der Waals surface area contributed by atoms with Gasteiger partial charge in [-0.2, -0.15) is 13.1 Å². The van der Waals surface area contributed by atoms with E-state index in [1.54, 1.807) is 12.1 Å². The number of thiophene rings is 1. The Morgan fingerprint density at radius 1 is 1.53 bits per heavy atom. The number of nitrogens with one attached hydrogen (secondary N) is 2. The molecule has 17 heavy (non-hydrogen) atoms. The molecule has 0 aliphatic rings. The highest BCUT2D eigenvalue weighted by Gasteiger charge is 2.06. The first kappa shape index (κ1) is 13.8. The van der Waals surface area contributed by atoms with Crippen molar-refractivity contribution in [3.63, 3.8) is 0 Å². The smallest absolute Gasteiger partial charge is 0.328 e. The second-order valence-corrected chi connectivity index (χ2v) is 5.91. The molecule has 1 aromatic rings. The lowest BCUT2D eigenvalue weighted by atomic mass is 10.4. The number of hydrogen-bond donors (Lipinski definition) is 3. The van der Waals surface area contributed by atoms with Gasteiger partial charge < -0.3 is 5.11 Å². The zero-order valence-corrected chi connectivity index (χ0v) is 10.6. The molecule has 1 heterocycles. The van der Waals surface area contributed by atoms with Crippen molar-refractivity contribution >= 4 is 33.6 Å². The van der Waals surface area contributed by atoms with Gasteiger partial charge in [-0.1, -0.05) is 0 Å². The molecule has 0 fully saturated rings. The van der Waals surface area contributed by atoms with Crippen molar-refractivity contribution < 1.29 is 18.3 Å². The van der Waals surface area contributed by atoms with Gasteiger partial charge in [-0.05, 0) is 18.2 Å². The van der Waals surface area contributed by atoms with Crippen LogP contribution in [0.25, 0.3) is 6.08 Å². The number of carboxylic acid groups (broad SMARTS) is 1. The molecule has 0 aliphatic carbocycles. The quantitative estimate of drug-likeness (QED) is 0.655. The van der Waals surface area contributed by atoms with Crippen molar-refractivity contribution in [1.82, 2.24) is 9.44 Å². The molecule has 0 saturated heterocycles. The summed E-state index contributed by atoms with van der Waals surface area (Å²) in [4.78, 5) is 11.8. The van der Waals surface area contributed by atoms with Crippen LogP contribution >= 0.6 is 11.3 Å². The van der Waals surface area contributed by atoms with Crippen LogP contribution in [0.4, 0.5) is 0 Å². The summed E-state index contributed by atoms with van der Waals surface area (Å²) in [5.41, 5.74) is 0. The number of rotatable bonds is 6. The summed E-state index contributed by atoms with van der Waals surface area (Å²) >= 11 is 1.32. The fraction of sp³-hybridized carbons (Fsp3) is 0.222. The lowest BCUT2D eigenvalue weighted by Gasteiger charge is -2.02. The van der Waals surface area contributed by atoms with Gasteiger partial charge in [0.15, 0.2) is 0 Å². The fourth-order valence-electron chi connectivity index (χ4n) is 0.971. The third-order valence-corrected chi connectivity index (χ3v) is 3.89. The van der Waals surface area contributed by atoms with Crippen LogP contribution in [-0.4, -0.2) is 26.5 Å². The molecular formula is C9H12N2O4S2. The van der Waals surface area contributed by atoms with E-state index in [4.69, 9.17) is 5.11 Å². The highest BCUT2D eigenvalue weighted by atomic mass is 32.2. The lowest BCUT2D eigenvalue weighted by molar-refractivity contribution is -0.131. The maximum atomic E-state index is 11.1. The molecule has 0 amide bonds. The van der Waals surface area contributed by atoms with Crippen molar-refractivity contribution in [2.24, 2.45) is 0 Å². The van der Waals surface area contributed by atoms with E-state index < -0.39 is 16.2 Å². The van der Waals surface area contributed by atoms with E-state index in [-0.39, 0.29) is 6.54 Å². The number of carboxylic acids is 1. The average molecular weight is 276 g/mol. The second kappa shape index (κ2) is 5.92. The molecule has 1 rings (SSSR count). The fourth-order valence-corrected chi connectivity index (χ4v) is 2.41. The van der Waals surface area contributed by atoms with E-state index in [2.05, 4.69) is 9.44 Å². The van der Waals surface area contributed by atoms with Gasteiger partial charge in [-0.25, -0.2) is 9.52 Å².